The molecular formula is C14H23NO2. The van der Waals surface area contributed by atoms with Crippen LogP contribution in [0.4, 0.5) is 0 Å². The van der Waals surface area contributed by atoms with E-state index in [-0.39, 0.29) is 18.9 Å². The number of aryl methyl sites for hydroxylation is 2. The average molecular weight is 237 g/mol. The van der Waals surface area contributed by atoms with Crippen LogP contribution in [0.25, 0.3) is 0 Å². The number of hydrogen-bond acceptors (Lipinski definition) is 3. The lowest BCUT2D eigenvalue weighted by atomic mass is 10.1. The van der Waals surface area contributed by atoms with E-state index in [9.17, 15) is 0 Å². The SMILES string of the molecule is CCC(N[C@H](C)CO)Oc1c(C)cccc1C. The molecule has 0 aromatic heterocycles. The zero-order valence-corrected chi connectivity index (χ0v) is 11.2. The molecule has 0 aliphatic carbocycles. The van der Waals surface area contributed by atoms with E-state index < -0.39 is 0 Å². The molecule has 3 nitrogen and oxygen atoms in total. The van der Waals surface area contributed by atoms with E-state index in [1.807, 2.05) is 39.0 Å². The van der Waals surface area contributed by atoms with E-state index in [1.54, 1.807) is 0 Å². The van der Waals surface area contributed by atoms with Crippen molar-refractivity contribution in [1.82, 2.24) is 5.32 Å². The molecule has 0 aliphatic rings. The van der Waals surface area contributed by atoms with Gasteiger partial charge in [-0.15, -0.1) is 0 Å². The smallest absolute Gasteiger partial charge is 0.150 e. The van der Waals surface area contributed by atoms with E-state index in [0.717, 1.165) is 23.3 Å². The van der Waals surface area contributed by atoms with Crippen molar-refractivity contribution in [2.24, 2.45) is 0 Å². The van der Waals surface area contributed by atoms with Crippen LogP contribution in [0.3, 0.4) is 0 Å². The number of ether oxygens (including phenoxy) is 1. The van der Waals surface area contributed by atoms with Gasteiger partial charge in [-0.05, 0) is 38.3 Å². The highest BCUT2D eigenvalue weighted by molar-refractivity contribution is 5.39. The highest BCUT2D eigenvalue weighted by Gasteiger charge is 2.13. The van der Waals surface area contributed by atoms with Crippen LogP contribution in [0.1, 0.15) is 31.4 Å². The molecule has 1 aromatic carbocycles. The van der Waals surface area contributed by atoms with Crippen LogP contribution in [-0.4, -0.2) is 24.0 Å². The van der Waals surface area contributed by atoms with E-state index in [1.165, 1.54) is 0 Å². The van der Waals surface area contributed by atoms with Crippen LogP contribution < -0.4 is 10.1 Å². The third kappa shape index (κ3) is 4.02. The Bertz CT molecular complexity index is 332. The summed E-state index contributed by atoms with van der Waals surface area (Å²) < 4.78 is 5.98. The molecule has 2 N–H and O–H groups in total. The third-order valence-corrected chi connectivity index (χ3v) is 2.78. The minimum absolute atomic E-state index is 0.0456. The largest absolute Gasteiger partial charge is 0.475 e. The third-order valence-electron chi connectivity index (χ3n) is 2.78. The molecule has 0 saturated carbocycles. The lowest BCUT2D eigenvalue weighted by molar-refractivity contribution is 0.125. The molecule has 0 fully saturated rings. The number of benzene rings is 1. The first-order valence-corrected chi connectivity index (χ1v) is 6.18. The van der Waals surface area contributed by atoms with Gasteiger partial charge in [-0.2, -0.15) is 0 Å². The molecule has 0 amide bonds. The molecule has 1 unspecified atom stereocenters. The Morgan fingerprint density at radius 2 is 1.88 bits per heavy atom. The maximum Gasteiger partial charge on any atom is 0.150 e. The highest BCUT2D eigenvalue weighted by Crippen LogP contribution is 2.23. The molecule has 2 atom stereocenters. The van der Waals surface area contributed by atoms with Gasteiger partial charge in [-0.25, -0.2) is 0 Å². The lowest BCUT2D eigenvalue weighted by Crippen LogP contribution is -2.42. The van der Waals surface area contributed by atoms with E-state index in [0.29, 0.717) is 0 Å². The van der Waals surface area contributed by atoms with Gasteiger partial charge in [0.1, 0.15) is 12.0 Å². The van der Waals surface area contributed by atoms with Crippen LogP contribution >= 0.6 is 0 Å². The quantitative estimate of drug-likeness (QED) is 0.746. The fraction of sp³-hybridized carbons (Fsp3) is 0.571. The fourth-order valence-electron chi connectivity index (χ4n) is 1.73. The Labute approximate surface area is 104 Å². The van der Waals surface area contributed by atoms with E-state index in [2.05, 4.69) is 12.2 Å². The second-order valence-corrected chi connectivity index (χ2v) is 4.49. The summed E-state index contributed by atoms with van der Waals surface area (Å²) in [4.78, 5) is 0. The monoisotopic (exact) mass is 237 g/mol. The van der Waals surface area contributed by atoms with Crippen LogP contribution in [-0.2, 0) is 0 Å². The van der Waals surface area contributed by atoms with E-state index in [4.69, 9.17) is 9.84 Å². The van der Waals surface area contributed by atoms with E-state index >= 15 is 0 Å². The molecule has 0 radical (unpaired) electrons. The number of aliphatic hydroxyl groups is 1. The predicted molar refractivity (Wildman–Crippen MR) is 70.3 cm³/mol. The Kier molecular flexibility index (Phi) is 5.45. The number of para-hydroxylation sites is 1. The molecule has 0 aliphatic heterocycles. The summed E-state index contributed by atoms with van der Waals surface area (Å²) in [6.07, 6.45) is 0.801. The van der Waals surface area contributed by atoms with Gasteiger partial charge in [-0.3, -0.25) is 5.32 Å². The second-order valence-electron chi connectivity index (χ2n) is 4.49. The molecule has 1 aromatic rings. The zero-order valence-electron chi connectivity index (χ0n) is 11.2. The van der Waals surface area contributed by atoms with Gasteiger partial charge in [0.25, 0.3) is 0 Å². The van der Waals surface area contributed by atoms with Crippen LogP contribution in [0.5, 0.6) is 5.75 Å². The first-order chi connectivity index (χ1) is 8.08. The Hall–Kier alpha value is -1.06. The second kappa shape index (κ2) is 6.62. The summed E-state index contributed by atoms with van der Waals surface area (Å²) in [5.74, 6) is 0.942. The van der Waals surface area contributed by atoms with Crippen molar-refractivity contribution in [1.29, 1.82) is 0 Å². The predicted octanol–water partition coefficient (Wildman–Crippen LogP) is 2.39. The molecule has 96 valence electrons. The molecule has 0 heterocycles. The van der Waals surface area contributed by atoms with Gasteiger partial charge >= 0.3 is 0 Å². The van der Waals surface area contributed by atoms with Crippen molar-refractivity contribution < 1.29 is 9.84 Å². The Morgan fingerprint density at radius 1 is 1.29 bits per heavy atom. The van der Waals surface area contributed by atoms with Crippen molar-refractivity contribution in [2.45, 2.75) is 46.4 Å². The van der Waals surface area contributed by atoms with Crippen molar-refractivity contribution in [3.63, 3.8) is 0 Å². The summed E-state index contributed by atoms with van der Waals surface area (Å²) in [7, 11) is 0. The van der Waals surface area contributed by atoms with Gasteiger partial charge in [0.15, 0.2) is 0 Å². The van der Waals surface area contributed by atoms with Crippen LogP contribution in [0, 0.1) is 13.8 Å². The highest BCUT2D eigenvalue weighted by atomic mass is 16.5. The summed E-state index contributed by atoms with van der Waals surface area (Å²) in [6.45, 7) is 8.22. The van der Waals surface area contributed by atoms with Gasteiger partial charge < -0.3 is 9.84 Å². The maximum atomic E-state index is 9.04. The molecule has 0 spiro atoms. The zero-order chi connectivity index (χ0) is 12.8. The van der Waals surface area contributed by atoms with Crippen molar-refractivity contribution in [3.8, 4) is 5.75 Å². The summed E-state index contributed by atoms with van der Waals surface area (Å²) in [6, 6.07) is 6.17. The first kappa shape index (κ1) is 14.0. The molecule has 1 rings (SSSR count). The molecule has 3 heteroatoms. The van der Waals surface area contributed by atoms with Gasteiger partial charge in [-0.1, -0.05) is 25.1 Å². The summed E-state index contributed by atoms with van der Waals surface area (Å²) >= 11 is 0. The number of rotatable bonds is 6. The van der Waals surface area contributed by atoms with Crippen molar-refractivity contribution in [3.05, 3.63) is 29.3 Å². The summed E-state index contributed by atoms with van der Waals surface area (Å²) in [5.41, 5.74) is 2.28. The number of hydrogen-bond donors (Lipinski definition) is 2. The molecule has 0 bridgehead atoms. The minimum atomic E-state index is -0.0584. The first-order valence-electron chi connectivity index (χ1n) is 6.18. The van der Waals surface area contributed by atoms with Gasteiger partial charge in [0.05, 0.1) is 6.61 Å². The van der Waals surface area contributed by atoms with Crippen LogP contribution in [0.2, 0.25) is 0 Å². The molecule has 0 saturated heterocycles. The number of nitrogens with one attached hydrogen (secondary N) is 1. The standard InChI is InChI=1S/C14H23NO2/c1-5-13(15-12(4)9-16)17-14-10(2)7-6-8-11(14)3/h6-8,12-13,15-16H,5,9H2,1-4H3/t12-,13?/m1/s1. The van der Waals surface area contributed by atoms with Gasteiger partial charge in [0.2, 0.25) is 0 Å². The molecular weight excluding hydrogens is 214 g/mol. The van der Waals surface area contributed by atoms with Gasteiger partial charge in [0, 0.05) is 6.04 Å². The Morgan fingerprint density at radius 3 is 2.35 bits per heavy atom. The fourth-order valence-corrected chi connectivity index (χ4v) is 1.73. The molecule has 17 heavy (non-hydrogen) atoms. The average Bonchev–Trinajstić information content (AvgIpc) is 2.32. The lowest BCUT2D eigenvalue weighted by Gasteiger charge is -2.24. The van der Waals surface area contributed by atoms with Crippen LogP contribution in [0.15, 0.2) is 18.2 Å². The topological polar surface area (TPSA) is 41.5 Å². The summed E-state index contributed by atoms with van der Waals surface area (Å²) in [5, 5.41) is 12.3. The Balaban J connectivity index is 2.73. The minimum Gasteiger partial charge on any atom is -0.475 e. The maximum absolute atomic E-state index is 9.04. The van der Waals surface area contributed by atoms with Crippen molar-refractivity contribution in [2.75, 3.05) is 6.61 Å². The normalized spacial score (nSPS) is 14.4. The number of aliphatic hydroxyl groups excluding tert-OH is 1. The van der Waals surface area contributed by atoms with Crippen molar-refractivity contribution >= 4 is 0 Å².